The van der Waals surface area contributed by atoms with Crippen molar-refractivity contribution in [2.75, 3.05) is 17.2 Å². The highest BCUT2D eigenvalue weighted by Crippen LogP contribution is 2.34. The zero-order chi connectivity index (χ0) is 22.8. The molecule has 0 fully saturated rings. The van der Waals surface area contributed by atoms with Gasteiger partial charge in [-0.25, -0.2) is 4.98 Å². The molecule has 31 heavy (non-hydrogen) atoms. The van der Waals surface area contributed by atoms with Gasteiger partial charge in [0, 0.05) is 0 Å². The summed E-state index contributed by atoms with van der Waals surface area (Å²) in [6.07, 6.45) is -4.49. The van der Waals surface area contributed by atoms with Crippen LogP contribution in [0.5, 0.6) is 5.75 Å². The van der Waals surface area contributed by atoms with Gasteiger partial charge in [0.1, 0.15) is 11.8 Å². The number of amides is 1. The summed E-state index contributed by atoms with van der Waals surface area (Å²) in [4.78, 5) is 17.3. The smallest absolute Gasteiger partial charge is 0.416 e. The molecule has 166 valence electrons. The molecule has 0 saturated carbocycles. The fourth-order valence-electron chi connectivity index (χ4n) is 2.91. The predicted octanol–water partition coefficient (Wildman–Crippen LogP) is 6.44. The van der Waals surface area contributed by atoms with Crippen molar-refractivity contribution in [3.8, 4) is 5.75 Å². The third-order valence-electron chi connectivity index (χ3n) is 4.46. The third kappa shape index (κ3) is 5.59. The predicted molar refractivity (Wildman–Crippen MR) is 118 cm³/mol. The number of rotatable bonds is 7. The van der Waals surface area contributed by atoms with E-state index in [1.54, 1.807) is 0 Å². The first-order chi connectivity index (χ1) is 14.6. The Labute approximate surface area is 186 Å². The van der Waals surface area contributed by atoms with Crippen LogP contribution in [0.3, 0.4) is 0 Å². The maximum atomic E-state index is 12.9. The number of thiazole rings is 1. The van der Waals surface area contributed by atoms with Crippen molar-refractivity contribution in [1.29, 1.82) is 0 Å². The number of halogens is 4. The Morgan fingerprint density at radius 2 is 1.97 bits per heavy atom. The number of nitrogens with one attached hydrogen (secondary N) is 2. The largest absolute Gasteiger partial charge is 0.494 e. The number of hydrogen-bond donors (Lipinski definition) is 2. The van der Waals surface area contributed by atoms with Gasteiger partial charge in [0.15, 0.2) is 5.13 Å². The van der Waals surface area contributed by atoms with Crippen molar-refractivity contribution in [1.82, 2.24) is 4.98 Å². The summed E-state index contributed by atoms with van der Waals surface area (Å²) in [6.45, 7) is 6.08. The number of fused-ring (bicyclic) bond motifs is 1. The minimum Gasteiger partial charge on any atom is -0.494 e. The fourth-order valence-corrected chi connectivity index (χ4v) is 4.04. The number of ether oxygens (including phenoxy) is 1. The van der Waals surface area contributed by atoms with E-state index in [-0.39, 0.29) is 22.5 Å². The van der Waals surface area contributed by atoms with Gasteiger partial charge in [-0.15, -0.1) is 0 Å². The van der Waals surface area contributed by atoms with E-state index < -0.39 is 17.8 Å². The van der Waals surface area contributed by atoms with Gasteiger partial charge in [0.2, 0.25) is 5.91 Å². The second-order valence-electron chi connectivity index (χ2n) is 7.13. The van der Waals surface area contributed by atoms with Crippen molar-refractivity contribution in [3.05, 3.63) is 47.0 Å². The minimum atomic E-state index is -4.49. The number of hydrogen-bond acceptors (Lipinski definition) is 5. The number of carbonyl (C=O) groups excluding carboxylic acids is 1. The van der Waals surface area contributed by atoms with E-state index in [9.17, 15) is 18.0 Å². The third-order valence-corrected chi connectivity index (χ3v) is 5.70. The number of carbonyl (C=O) groups is 1. The molecule has 2 N–H and O–H groups in total. The molecule has 3 rings (SSSR count). The molecule has 10 heteroatoms. The molecule has 0 aliphatic carbocycles. The van der Waals surface area contributed by atoms with Crippen LogP contribution in [-0.2, 0) is 11.0 Å². The summed E-state index contributed by atoms with van der Waals surface area (Å²) in [7, 11) is 0. The van der Waals surface area contributed by atoms with Gasteiger partial charge in [0.25, 0.3) is 0 Å². The van der Waals surface area contributed by atoms with Crippen LogP contribution >= 0.6 is 22.9 Å². The standard InChI is InChI=1S/C21H21ClF3N3O2S/c1-4-30-13-6-8-16-17(10-13)31-20(27-16)28-19(29)18(11(2)3)26-15-7-5-12(9-14(15)22)21(23,24)25/h5-11,18,26H,4H2,1-3H3,(H,27,28,29)/t18-/m1/s1. The summed E-state index contributed by atoms with van der Waals surface area (Å²) in [5, 5.41) is 6.03. The molecule has 0 unspecified atom stereocenters. The molecule has 1 aromatic heterocycles. The second kappa shape index (κ2) is 9.32. The van der Waals surface area contributed by atoms with Crippen LogP contribution in [0.1, 0.15) is 26.3 Å². The lowest BCUT2D eigenvalue weighted by molar-refractivity contribution is -0.137. The Morgan fingerprint density at radius 3 is 2.58 bits per heavy atom. The van der Waals surface area contributed by atoms with Gasteiger partial charge in [-0.3, -0.25) is 4.79 Å². The van der Waals surface area contributed by atoms with E-state index >= 15 is 0 Å². The second-order valence-corrected chi connectivity index (χ2v) is 8.57. The molecule has 3 aromatic rings. The zero-order valence-electron chi connectivity index (χ0n) is 17.0. The van der Waals surface area contributed by atoms with E-state index in [0.717, 1.165) is 28.1 Å². The van der Waals surface area contributed by atoms with Crippen molar-refractivity contribution in [3.63, 3.8) is 0 Å². The first-order valence-electron chi connectivity index (χ1n) is 9.56. The SMILES string of the molecule is CCOc1ccc2nc(NC(=O)[C@H](Nc3ccc(C(F)(F)F)cc3Cl)C(C)C)sc2c1. The first kappa shape index (κ1) is 23.1. The van der Waals surface area contributed by atoms with Crippen LogP contribution < -0.4 is 15.4 Å². The Balaban J connectivity index is 1.77. The summed E-state index contributed by atoms with van der Waals surface area (Å²) in [5.74, 6) is 0.183. The number of nitrogens with zero attached hydrogens (tertiary/aromatic N) is 1. The molecular weight excluding hydrogens is 451 g/mol. The molecular formula is C21H21ClF3N3O2S. The van der Waals surface area contributed by atoms with Gasteiger partial charge < -0.3 is 15.4 Å². The maximum absolute atomic E-state index is 12.9. The van der Waals surface area contributed by atoms with Crippen molar-refractivity contribution in [2.45, 2.75) is 33.0 Å². The molecule has 0 aliphatic rings. The number of alkyl halides is 3. The average molecular weight is 472 g/mol. The van der Waals surface area contributed by atoms with Crippen LogP contribution in [0.4, 0.5) is 24.0 Å². The van der Waals surface area contributed by atoms with E-state index in [1.165, 1.54) is 17.4 Å². The van der Waals surface area contributed by atoms with E-state index in [0.29, 0.717) is 11.7 Å². The maximum Gasteiger partial charge on any atom is 0.416 e. The topological polar surface area (TPSA) is 63.2 Å². The quantitative estimate of drug-likeness (QED) is 0.416. The first-order valence-corrected chi connectivity index (χ1v) is 10.8. The van der Waals surface area contributed by atoms with Crippen molar-refractivity contribution < 1.29 is 22.7 Å². The van der Waals surface area contributed by atoms with Crippen LogP contribution in [0.2, 0.25) is 5.02 Å². The molecule has 2 aromatic carbocycles. The highest BCUT2D eigenvalue weighted by molar-refractivity contribution is 7.22. The van der Waals surface area contributed by atoms with Gasteiger partial charge in [-0.05, 0) is 49.2 Å². The Hall–Kier alpha value is -2.52. The molecule has 5 nitrogen and oxygen atoms in total. The summed E-state index contributed by atoms with van der Waals surface area (Å²) in [5.41, 5.74) is 0.118. The van der Waals surface area contributed by atoms with Crippen LogP contribution in [0.15, 0.2) is 36.4 Å². The lowest BCUT2D eigenvalue weighted by Crippen LogP contribution is -2.39. The number of benzene rings is 2. The molecule has 0 radical (unpaired) electrons. The van der Waals surface area contributed by atoms with Gasteiger partial charge in [-0.2, -0.15) is 13.2 Å². The van der Waals surface area contributed by atoms with E-state index in [1.807, 2.05) is 39.0 Å². The summed E-state index contributed by atoms with van der Waals surface area (Å²) >= 11 is 7.33. The molecule has 1 amide bonds. The van der Waals surface area contributed by atoms with Crippen molar-refractivity contribution in [2.24, 2.45) is 5.92 Å². The normalized spacial score (nSPS) is 12.8. The lowest BCUT2D eigenvalue weighted by atomic mass is 10.0. The Morgan fingerprint density at radius 1 is 1.23 bits per heavy atom. The highest BCUT2D eigenvalue weighted by atomic mass is 35.5. The Bertz CT molecular complexity index is 1090. The van der Waals surface area contributed by atoms with Crippen LogP contribution in [-0.4, -0.2) is 23.5 Å². The average Bonchev–Trinajstić information content (AvgIpc) is 3.07. The monoisotopic (exact) mass is 471 g/mol. The molecule has 1 heterocycles. The number of aromatic nitrogens is 1. The van der Waals surface area contributed by atoms with Crippen LogP contribution in [0.25, 0.3) is 10.2 Å². The minimum absolute atomic E-state index is 0.114. The summed E-state index contributed by atoms with van der Waals surface area (Å²) < 4.78 is 44.9. The fraction of sp³-hybridized carbons (Fsp3) is 0.333. The summed E-state index contributed by atoms with van der Waals surface area (Å²) in [6, 6.07) is 7.72. The zero-order valence-corrected chi connectivity index (χ0v) is 18.6. The number of anilines is 2. The lowest BCUT2D eigenvalue weighted by Gasteiger charge is -2.23. The Kier molecular flexibility index (Phi) is 6.96. The molecule has 0 saturated heterocycles. The van der Waals surface area contributed by atoms with E-state index in [4.69, 9.17) is 16.3 Å². The van der Waals surface area contributed by atoms with Gasteiger partial charge in [0.05, 0.1) is 33.1 Å². The molecule has 0 bridgehead atoms. The van der Waals surface area contributed by atoms with Crippen molar-refractivity contribution >= 4 is 49.9 Å². The van der Waals surface area contributed by atoms with E-state index in [2.05, 4.69) is 15.6 Å². The van der Waals surface area contributed by atoms with Crippen LogP contribution in [0, 0.1) is 5.92 Å². The molecule has 0 spiro atoms. The molecule has 0 aliphatic heterocycles. The van der Waals surface area contributed by atoms with Gasteiger partial charge >= 0.3 is 6.18 Å². The van der Waals surface area contributed by atoms with Gasteiger partial charge in [-0.1, -0.05) is 36.8 Å². The molecule has 1 atom stereocenters. The highest BCUT2D eigenvalue weighted by Gasteiger charge is 2.31.